The second kappa shape index (κ2) is 9.02. The number of carbonyl (C=O) groups is 1. The molecular weight excluding hydrogens is 442 g/mol. The molecule has 5 nitrogen and oxygen atoms in total. The van der Waals surface area contributed by atoms with Gasteiger partial charge < -0.3 is 10.1 Å². The maximum Gasteiger partial charge on any atom is 0.234 e. The lowest BCUT2D eigenvalue weighted by atomic mass is 10.0. The molecular formula is C25H18ClN3O2S. The molecule has 7 heteroatoms. The second-order valence-electron chi connectivity index (χ2n) is 7.23. The smallest absolute Gasteiger partial charge is 0.234 e. The number of fused-ring (bicyclic) bond motifs is 2. The van der Waals surface area contributed by atoms with Gasteiger partial charge in [-0.15, -0.1) is 0 Å². The highest BCUT2D eigenvalue weighted by Crippen LogP contribution is 2.40. The van der Waals surface area contributed by atoms with E-state index in [2.05, 4.69) is 10.3 Å². The van der Waals surface area contributed by atoms with Crippen LogP contribution in [0.4, 0.5) is 5.69 Å². The number of benzene rings is 3. The highest BCUT2D eigenvalue weighted by Gasteiger charge is 2.24. The van der Waals surface area contributed by atoms with Gasteiger partial charge in [0.25, 0.3) is 0 Å². The number of anilines is 1. The van der Waals surface area contributed by atoms with E-state index >= 15 is 0 Å². The molecule has 0 saturated heterocycles. The quantitative estimate of drug-likeness (QED) is 0.249. The van der Waals surface area contributed by atoms with Gasteiger partial charge in [0.1, 0.15) is 10.8 Å². The minimum absolute atomic E-state index is 0.122. The maximum absolute atomic E-state index is 12.6. The third-order valence-electron chi connectivity index (χ3n) is 4.98. The summed E-state index contributed by atoms with van der Waals surface area (Å²) in [4.78, 5) is 22.0. The Bertz CT molecular complexity index is 1280. The van der Waals surface area contributed by atoms with Crippen LogP contribution < -0.4 is 10.1 Å². The van der Waals surface area contributed by atoms with Crippen LogP contribution in [0, 0.1) is 0 Å². The Labute approximate surface area is 194 Å². The fourth-order valence-electron chi connectivity index (χ4n) is 3.42. The normalized spacial score (nSPS) is 11.8. The summed E-state index contributed by atoms with van der Waals surface area (Å²) in [5, 5.41) is 4.26. The predicted molar refractivity (Wildman–Crippen MR) is 128 cm³/mol. The first-order valence-corrected chi connectivity index (χ1v) is 11.4. The molecule has 32 heavy (non-hydrogen) atoms. The molecule has 158 valence electrons. The average molecular weight is 460 g/mol. The van der Waals surface area contributed by atoms with Gasteiger partial charge in [-0.05, 0) is 35.9 Å². The summed E-state index contributed by atoms with van der Waals surface area (Å²) >= 11 is 7.30. The summed E-state index contributed by atoms with van der Waals surface area (Å²) < 4.78 is 6.12. The van der Waals surface area contributed by atoms with E-state index in [1.54, 1.807) is 24.3 Å². The van der Waals surface area contributed by atoms with Crippen molar-refractivity contribution in [1.29, 1.82) is 0 Å². The van der Waals surface area contributed by atoms with Crippen LogP contribution in [-0.4, -0.2) is 21.6 Å². The Morgan fingerprint density at radius 3 is 2.53 bits per heavy atom. The number of thioether (sulfide) groups is 1. The fraction of sp³-hybridized carbons (Fsp3) is 0.0800. The van der Waals surface area contributed by atoms with E-state index in [-0.39, 0.29) is 11.7 Å². The number of nitrogens with zero attached hydrogens (tertiary/aromatic N) is 2. The average Bonchev–Trinajstić information content (AvgIpc) is 2.83. The van der Waals surface area contributed by atoms with E-state index in [0.717, 1.165) is 27.5 Å². The van der Waals surface area contributed by atoms with Gasteiger partial charge in [0.2, 0.25) is 11.8 Å². The molecule has 0 atom stereocenters. The zero-order valence-corrected chi connectivity index (χ0v) is 18.5. The zero-order valence-electron chi connectivity index (χ0n) is 16.9. The van der Waals surface area contributed by atoms with E-state index in [1.165, 1.54) is 11.8 Å². The van der Waals surface area contributed by atoms with Crippen molar-refractivity contribution >= 4 is 35.0 Å². The highest BCUT2D eigenvalue weighted by atomic mass is 35.5. The molecule has 4 aromatic rings. The second-order valence-corrected chi connectivity index (χ2v) is 8.63. The number of carbonyl (C=O) groups excluding carboxylic acids is 1. The summed E-state index contributed by atoms with van der Waals surface area (Å²) in [6.45, 7) is 0. The van der Waals surface area contributed by atoms with Gasteiger partial charge in [-0.1, -0.05) is 71.9 Å². The molecule has 1 amide bonds. The first-order valence-electron chi connectivity index (χ1n) is 10.1. The van der Waals surface area contributed by atoms with Crippen molar-refractivity contribution < 1.29 is 9.53 Å². The van der Waals surface area contributed by atoms with Crippen molar-refractivity contribution in [2.75, 3.05) is 11.1 Å². The summed E-state index contributed by atoms with van der Waals surface area (Å²) in [6.07, 6.45) is 0.654. The van der Waals surface area contributed by atoms with Gasteiger partial charge in [-0.3, -0.25) is 4.79 Å². The third-order valence-corrected chi connectivity index (χ3v) is 6.25. The lowest BCUT2D eigenvalue weighted by molar-refractivity contribution is -0.113. The number of halogens is 1. The van der Waals surface area contributed by atoms with Crippen LogP contribution in [0.5, 0.6) is 11.6 Å². The molecule has 1 aliphatic rings. The van der Waals surface area contributed by atoms with E-state index < -0.39 is 0 Å². The third kappa shape index (κ3) is 4.47. The van der Waals surface area contributed by atoms with E-state index in [0.29, 0.717) is 28.8 Å². The van der Waals surface area contributed by atoms with Gasteiger partial charge in [-0.25, -0.2) is 4.98 Å². The Kier molecular flexibility index (Phi) is 5.79. The molecule has 1 aliphatic heterocycles. The molecule has 1 N–H and O–H groups in total. The highest BCUT2D eigenvalue weighted by molar-refractivity contribution is 8.00. The molecule has 0 fully saturated rings. The summed E-state index contributed by atoms with van der Waals surface area (Å²) in [6, 6.07) is 24.7. The standard InChI is InChI=1S/C25H18ClN3O2S/c26-18-10-12-19(13-11-18)27-22(30)15-32-25-20-14-17-8-4-5-9-21(17)31-24(20)28-23(29-25)16-6-2-1-3-7-16/h1-13H,14-15H2,(H,27,30). The molecule has 0 unspecified atom stereocenters. The van der Waals surface area contributed by atoms with Gasteiger partial charge in [0.15, 0.2) is 5.82 Å². The first-order chi connectivity index (χ1) is 15.7. The van der Waals surface area contributed by atoms with Crippen LogP contribution in [0.3, 0.4) is 0 Å². The minimum atomic E-state index is -0.122. The SMILES string of the molecule is O=C(CSc1nc(-c2ccccc2)nc2c1Cc1ccccc1O2)Nc1ccc(Cl)cc1. The van der Waals surface area contributed by atoms with Crippen LogP contribution in [-0.2, 0) is 11.2 Å². The fourth-order valence-corrected chi connectivity index (χ4v) is 4.37. The predicted octanol–water partition coefficient (Wildman–Crippen LogP) is 6.22. The molecule has 0 aliphatic carbocycles. The zero-order chi connectivity index (χ0) is 21.9. The monoisotopic (exact) mass is 459 g/mol. The van der Waals surface area contributed by atoms with E-state index in [9.17, 15) is 4.79 Å². The molecule has 0 spiro atoms. The number of hydrogen-bond acceptors (Lipinski definition) is 5. The summed E-state index contributed by atoms with van der Waals surface area (Å²) in [5.74, 6) is 2.00. The maximum atomic E-state index is 12.6. The van der Waals surface area contributed by atoms with Gasteiger partial charge in [-0.2, -0.15) is 4.98 Å². The molecule has 3 aromatic carbocycles. The van der Waals surface area contributed by atoms with Crippen LogP contribution in [0.2, 0.25) is 5.02 Å². The molecule has 0 saturated carbocycles. The number of amides is 1. The Hall–Kier alpha value is -3.35. The number of nitrogens with one attached hydrogen (secondary N) is 1. The Balaban J connectivity index is 1.42. The molecule has 2 heterocycles. The van der Waals surface area contributed by atoms with Crippen LogP contribution >= 0.6 is 23.4 Å². The largest absolute Gasteiger partial charge is 0.438 e. The summed E-state index contributed by atoms with van der Waals surface area (Å²) in [7, 11) is 0. The van der Waals surface area contributed by atoms with Crippen molar-refractivity contribution in [3.8, 4) is 23.0 Å². The molecule has 0 radical (unpaired) electrons. The van der Waals surface area contributed by atoms with Crippen molar-refractivity contribution in [1.82, 2.24) is 9.97 Å². The number of para-hydroxylation sites is 1. The number of hydrogen-bond donors (Lipinski definition) is 1. The van der Waals surface area contributed by atoms with Crippen molar-refractivity contribution in [2.45, 2.75) is 11.4 Å². The van der Waals surface area contributed by atoms with E-state index in [4.69, 9.17) is 21.3 Å². The number of rotatable bonds is 5. The van der Waals surface area contributed by atoms with Crippen molar-refractivity contribution in [3.63, 3.8) is 0 Å². The minimum Gasteiger partial charge on any atom is -0.438 e. The summed E-state index contributed by atoms with van der Waals surface area (Å²) in [5.41, 5.74) is 3.56. The van der Waals surface area contributed by atoms with Gasteiger partial charge >= 0.3 is 0 Å². The Morgan fingerprint density at radius 1 is 0.969 bits per heavy atom. The molecule has 0 bridgehead atoms. The van der Waals surface area contributed by atoms with Crippen LogP contribution in [0.15, 0.2) is 83.9 Å². The Morgan fingerprint density at radius 2 is 1.72 bits per heavy atom. The van der Waals surface area contributed by atoms with Gasteiger partial charge in [0, 0.05) is 22.7 Å². The lowest BCUT2D eigenvalue weighted by Crippen LogP contribution is -2.15. The van der Waals surface area contributed by atoms with Crippen LogP contribution in [0.25, 0.3) is 11.4 Å². The molecule has 5 rings (SSSR count). The number of ether oxygens (including phenoxy) is 1. The van der Waals surface area contributed by atoms with E-state index in [1.807, 2.05) is 54.6 Å². The van der Waals surface area contributed by atoms with Crippen LogP contribution in [0.1, 0.15) is 11.1 Å². The lowest BCUT2D eigenvalue weighted by Gasteiger charge is -2.21. The molecule has 1 aromatic heterocycles. The number of aromatic nitrogens is 2. The van der Waals surface area contributed by atoms with Gasteiger partial charge in [0.05, 0.1) is 11.3 Å². The first kappa shape index (κ1) is 20.5. The van der Waals surface area contributed by atoms with Crippen molar-refractivity contribution in [2.24, 2.45) is 0 Å². The topological polar surface area (TPSA) is 64.1 Å². The van der Waals surface area contributed by atoms with Crippen molar-refractivity contribution in [3.05, 3.63) is 95.0 Å².